The predicted molar refractivity (Wildman–Crippen MR) is 92.6 cm³/mol. The minimum absolute atomic E-state index is 0.00798. The highest BCUT2D eigenvalue weighted by Gasteiger charge is 2.30. The molecule has 0 aromatic heterocycles. The molecule has 0 aliphatic carbocycles. The van der Waals surface area contributed by atoms with E-state index in [1.54, 1.807) is 14.2 Å². The van der Waals surface area contributed by atoms with Gasteiger partial charge in [0, 0.05) is 37.8 Å². The van der Waals surface area contributed by atoms with Gasteiger partial charge in [-0.05, 0) is 44.0 Å². The average molecular weight is 333 g/mol. The van der Waals surface area contributed by atoms with Crippen molar-refractivity contribution in [3.63, 3.8) is 0 Å². The van der Waals surface area contributed by atoms with Gasteiger partial charge in [-0.15, -0.1) is 0 Å². The van der Waals surface area contributed by atoms with Gasteiger partial charge in [0.1, 0.15) is 11.5 Å². The Hall–Kier alpha value is -1.95. The normalized spacial score (nSPS) is 21.1. The van der Waals surface area contributed by atoms with E-state index in [4.69, 9.17) is 9.47 Å². The molecule has 0 saturated carbocycles. The van der Waals surface area contributed by atoms with Crippen molar-refractivity contribution in [1.82, 2.24) is 15.1 Å². The summed E-state index contributed by atoms with van der Waals surface area (Å²) in [4.78, 5) is 17.1. The molecule has 3 rings (SSSR count). The highest BCUT2D eigenvalue weighted by atomic mass is 16.5. The van der Waals surface area contributed by atoms with Crippen molar-refractivity contribution >= 4 is 6.03 Å². The standard InChI is InChI=1S/C18H27N3O3/c1-23-16-6-7-17(24-2)14(11-16)12-19-18(22)21-10-4-9-20-8-3-5-15(20)13-21/h6-7,11,15H,3-5,8-10,12-13H2,1-2H3,(H,19,22)/t15-/m0/s1. The molecule has 2 amide bonds. The van der Waals surface area contributed by atoms with Gasteiger partial charge in [0.15, 0.2) is 0 Å². The molecular weight excluding hydrogens is 306 g/mol. The van der Waals surface area contributed by atoms with E-state index in [2.05, 4.69) is 10.2 Å². The van der Waals surface area contributed by atoms with Crippen LogP contribution in [-0.2, 0) is 6.54 Å². The number of amides is 2. The Morgan fingerprint density at radius 2 is 2.04 bits per heavy atom. The van der Waals surface area contributed by atoms with E-state index in [0.29, 0.717) is 12.6 Å². The quantitative estimate of drug-likeness (QED) is 0.917. The van der Waals surface area contributed by atoms with Gasteiger partial charge in [-0.1, -0.05) is 0 Å². The number of hydrogen-bond acceptors (Lipinski definition) is 4. The molecule has 24 heavy (non-hydrogen) atoms. The molecule has 2 heterocycles. The SMILES string of the molecule is COc1ccc(OC)c(CNC(=O)N2CCCN3CCC[C@H]3C2)c1. The summed E-state index contributed by atoms with van der Waals surface area (Å²) in [5.41, 5.74) is 0.919. The second-order valence-corrected chi connectivity index (χ2v) is 6.47. The van der Waals surface area contributed by atoms with E-state index in [1.807, 2.05) is 23.1 Å². The molecule has 1 aromatic rings. The first-order valence-electron chi connectivity index (χ1n) is 8.69. The van der Waals surface area contributed by atoms with Gasteiger partial charge in [0.05, 0.1) is 14.2 Å². The Morgan fingerprint density at radius 3 is 2.83 bits per heavy atom. The number of methoxy groups -OCH3 is 2. The molecule has 0 radical (unpaired) electrons. The fourth-order valence-electron chi connectivity index (χ4n) is 3.69. The lowest BCUT2D eigenvalue weighted by Gasteiger charge is -2.26. The van der Waals surface area contributed by atoms with E-state index < -0.39 is 0 Å². The van der Waals surface area contributed by atoms with Crippen LogP contribution in [0.15, 0.2) is 18.2 Å². The molecule has 2 aliphatic heterocycles. The summed E-state index contributed by atoms with van der Waals surface area (Å²) < 4.78 is 10.6. The zero-order chi connectivity index (χ0) is 16.9. The second-order valence-electron chi connectivity index (χ2n) is 6.47. The van der Waals surface area contributed by atoms with E-state index in [1.165, 1.54) is 19.4 Å². The van der Waals surface area contributed by atoms with Gasteiger partial charge in [-0.25, -0.2) is 4.79 Å². The molecular formula is C18H27N3O3. The molecule has 1 N–H and O–H groups in total. The maximum Gasteiger partial charge on any atom is 0.317 e. The molecule has 1 aromatic carbocycles. The monoisotopic (exact) mass is 333 g/mol. The number of carbonyl (C=O) groups excluding carboxylic acids is 1. The first-order valence-corrected chi connectivity index (χ1v) is 8.69. The van der Waals surface area contributed by atoms with Gasteiger partial charge in [0.25, 0.3) is 0 Å². The van der Waals surface area contributed by atoms with Crippen molar-refractivity contribution in [3.05, 3.63) is 23.8 Å². The van der Waals surface area contributed by atoms with Crippen LogP contribution in [0.3, 0.4) is 0 Å². The molecule has 0 spiro atoms. The summed E-state index contributed by atoms with van der Waals surface area (Å²) in [5.74, 6) is 1.52. The lowest BCUT2D eigenvalue weighted by Crippen LogP contribution is -2.44. The molecule has 0 unspecified atom stereocenters. The number of nitrogens with zero attached hydrogens (tertiary/aromatic N) is 2. The topological polar surface area (TPSA) is 54.0 Å². The van der Waals surface area contributed by atoms with Gasteiger partial charge in [-0.2, -0.15) is 0 Å². The van der Waals surface area contributed by atoms with Crippen LogP contribution in [0.25, 0.3) is 0 Å². The van der Waals surface area contributed by atoms with E-state index in [0.717, 1.165) is 43.1 Å². The maximum atomic E-state index is 12.6. The fraction of sp³-hybridized carbons (Fsp3) is 0.611. The highest BCUT2D eigenvalue weighted by molar-refractivity contribution is 5.74. The van der Waals surface area contributed by atoms with Crippen LogP contribution in [0.4, 0.5) is 4.79 Å². The summed E-state index contributed by atoms with van der Waals surface area (Å²) in [7, 11) is 3.27. The van der Waals surface area contributed by atoms with Gasteiger partial charge in [0.2, 0.25) is 0 Å². The number of fused-ring (bicyclic) bond motifs is 1. The summed E-state index contributed by atoms with van der Waals surface area (Å²) in [6, 6.07) is 6.16. The molecule has 2 saturated heterocycles. The summed E-state index contributed by atoms with van der Waals surface area (Å²) >= 11 is 0. The number of nitrogens with one attached hydrogen (secondary N) is 1. The predicted octanol–water partition coefficient (Wildman–Crippen LogP) is 2.08. The highest BCUT2D eigenvalue weighted by Crippen LogP contribution is 2.24. The lowest BCUT2D eigenvalue weighted by molar-refractivity contribution is 0.188. The van der Waals surface area contributed by atoms with Crippen molar-refractivity contribution in [2.75, 3.05) is 40.4 Å². The van der Waals surface area contributed by atoms with E-state index in [9.17, 15) is 4.79 Å². The van der Waals surface area contributed by atoms with Crippen molar-refractivity contribution < 1.29 is 14.3 Å². The zero-order valence-electron chi connectivity index (χ0n) is 14.6. The molecule has 2 aliphatic rings. The molecule has 132 valence electrons. The molecule has 0 bridgehead atoms. The molecule has 1 atom stereocenters. The Morgan fingerprint density at radius 1 is 1.21 bits per heavy atom. The number of benzene rings is 1. The summed E-state index contributed by atoms with van der Waals surface area (Å²) in [6.45, 7) is 4.39. The first kappa shape index (κ1) is 16.9. The largest absolute Gasteiger partial charge is 0.497 e. The number of rotatable bonds is 4. The number of ether oxygens (including phenoxy) is 2. The average Bonchev–Trinajstić information content (AvgIpc) is 2.96. The maximum absolute atomic E-state index is 12.6. The lowest BCUT2D eigenvalue weighted by atomic mass is 10.2. The van der Waals surface area contributed by atoms with Gasteiger partial charge in [-0.3, -0.25) is 4.90 Å². The number of carbonyl (C=O) groups is 1. The van der Waals surface area contributed by atoms with Crippen LogP contribution in [0.1, 0.15) is 24.8 Å². The Kier molecular flexibility index (Phi) is 5.45. The number of urea groups is 1. The van der Waals surface area contributed by atoms with Crippen LogP contribution < -0.4 is 14.8 Å². The van der Waals surface area contributed by atoms with Crippen molar-refractivity contribution in [1.29, 1.82) is 0 Å². The van der Waals surface area contributed by atoms with E-state index >= 15 is 0 Å². The first-order chi connectivity index (χ1) is 11.7. The third-order valence-electron chi connectivity index (χ3n) is 5.01. The van der Waals surface area contributed by atoms with Crippen LogP contribution in [0.5, 0.6) is 11.5 Å². The summed E-state index contributed by atoms with van der Waals surface area (Å²) in [6.07, 6.45) is 3.50. The minimum atomic E-state index is 0.00798. The van der Waals surface area contributed by atoms with Gasteiger partial charge >= 0.3 is 6.03 Å². The molecule has 2 fully saturated rings. The zero-order valence-corrected chi connectivity index (χ0v) is 14.6. The molecule has 6 nitrogen and oxygen atoms in total. The van der Waals surface area contributed by atoms with Crippen molar-refractivity contribution in [3.8, 4) is 11.5 Å². The smallest absolute Gasteiger partial charge is 0.317 e. The Labute approximate surface area is 143 Å². The van der Waals surface area contributed by atoms with Crippen LogP contribution >= 0.6 is 0 Å². The van der Waals surface area contributed by atoms with Crippen LogP contribution in [0.2, 0.25) is 0 Å². The Balaban J connectivity index is 1.60. The Bertz CT molecular complexity index is 579. The fourth-order valence-corrected chi connectivity index (χ4v) is 3.69. The molecule has 6 heteroatoms. The number of hydrogen-bond donors (Lipinski definition) is 1. The van der Waals surface area contributed by atoms with Crippen LogP contribution in [0, 0.1) is 0 Å². The van der Waals surface area contributed by atoms with Gasteiger partial charge < -0.3 is 19.7 Å². The second kappa shape index (κ2) is 7.75. The van der Waals surface area contributed by atoms with Crippen LogP contribution in [-0.4, -0.2) is 62.3 Å². The minimum Gasteiger partial charge on any atom is -0.497 e. The summed E-state index contributed by atoms with van der Waals surface area (Å²) in [5, 5.41) is 3.04. The third-order valence-corrected chi connectivity index (χ3v) is 5.01. The van der Waals surface area contributed by atoms with Crippen molar-refractivity contribution in [2.24, 2.45) is 0 Å². The van der Waals surface area contributed by atoms with Crippen molar-refractivity contribution in [2.45, 2.75) is 31.8 Å². The third kappa shape index (κ3) is 3.75. The van der Waals surface area contributed by atoms with E-state index in [-0.39, 0.29) is 6.03 Å².